The minimum atomic E-state index is 0.0499. The van der Waals surface area contributed by atoms with E-state index in [1.54, 1.807) is 0 Å². The van der Waals surface area contributed by atoms with Crippen LogP contribution in [-0.4, -0.2) is 18.2 Å². The lowest BCUT2D eigenvalue weighted by Crippen LogP contribution is -2.41. The first kappa shape index (κ1) is 11.0. The second kappa shape index (κ2) is 4.43. The third-order valence-electron chi connectivity index (χ3n) is 2.96. The fourth-order valence-corrected chi connectivity index (χ4v) is 2.21. The second-order valence-corrected chi connectivity index (χ2v) is 4.81. The first-order valence-electron chi connectivity index (χ1n) is 5.44. The van der Waals surface area contributed by atoms with Gasteiger partial charge >= 0.3 is 0 Å². The van der Waals surface area contributed by atoms with Crippen molar-refractivity contribution in [3.8, 4) is 0 Å². The van der Waals surface area contributed by atoms with E-state index in [2.05, 4.69) is 20.8 Å². The van der Waals surface area contributed by atoms with Gasteiger partial charge in [-0.1, -0.05) is 13.3 Å². The molecule has 13 heavy (non-hydrogen) atoms. The van der Waals surface area contributed by atoms with Crippen LogP contribution < -0.4 is 5.73 Å². The van der Waals surface area contributed by atoms with E-state index in [1.165, 1.54) is 6.42 Å². The molecule has 2 nitrogen and oxygen atoms in total. The topological polar surface area (TPSA) is 35.2 Å². The molecule has 1 heterocycles. The highest BCUT2D eigenvalue weighted by atomic mass is 16.5. The van der Waals surface area contributed by atoms with Crippen molar-refractivity contribution < 1.29 is 4.74 Å². The molecule has 0 saturated carbocycles. The number of hydrogen-bond donors (Lipinski definition) is 1. The molecule has 1 aliphatic heterocycles. The van der Waals surface area contributed by atoms with Gasteiger partial charge in [-0.2, -0.15) is 0 Å². The number of rotatable bonds is 3. The molecule has 2 heteroatoms. The Bertz CT molecular complexity index is 156. The highest BCUT2D eigenvalue weighted by molar-refractivity contribution is 4.84. The molecule has 2 N–H and O–H groups in total. The average Bonchev–Trinajstić information content (AvgIpc) is 2.03. The number of ether oxygens (including phenoxy) is 1. The van der Waals surface area contributed by atoms with Crippen LogP contribution in [0.2, 0.25) is 0 Å². The maximum absolute atomic E-state index is 6.12. The highest BCUT2D eigenvalue weighted by Gasteiger charge is 2.31. The van der Waals surface area contributed by atoms with Crippen LogP contribution in [0.4, 0.5) is 0 Å². The van der Waals surface area contributed by atoms with Gasteiger partial charge in [-0.05, 0) is 39.0 Å². The van der Waals surface area contributed by atoms with E-state index in [4.69, 9.17) is 10.5 Å². The van der Waals surface area contributed by atoms with Crippen molar-refractivity contribution in [3.05, 3.63) is 0 Å². The zero-order valence-electron chi connectivity index (χ0n) is 9.18. The van der Waals surface area contributed by atoms with E-state index in [0.29, 0.717) is 12.0 Å². The van der Waals surface area contributed by atoms with Crippen molar-refractivity contribution in [2.75, 3.05) is 6.61 Å². The maximum atomic E-state index is 6.12. The first-order valence-corrected chi connectivity index (χ1v) is 5.44. The molecule has 1 saturated heterocycles. The Morgan fingerprint density at radius 3 is 2.77 bits per heavy atom. The molecular formula is C11H23NO. The van der Waals surface area contributed by atoms with Gasteiger partial charge in [-0.25, -0.2) is 0 Å². The Kier molecular flexibility index (Phi) is 3.74. The number of hydrogen-bond acceptors (Lipinski definition) is 2. The summed E-state index contributed by atoms with van der Waals surface area (Å²) in [5, 5.41) is 0. The molecule has 1 aliphatic rings. The van der Waals surface area contributed by atoms with Crippen LogP contribution in [-0.2, 0) is 4.74 Å². The zero-order valence-corrected chi connectivity index (χ0v) is 9.18. The molecule has 78 valence electrons. The van der Waals surface area contributed by atoms with E-state index >= 15 is 0 Å². The minimum absolute atomic E-state index is 0.0499. The summed E-state index contributed by atoms with van der Waals surface area (Å²) in [4.78, 5) is 0. The standard InChI is InChI=1S/C11H23NO/c1-4-5-10(12)9-6-7-13-11(2,3)8-9/h9-10H,4-8,12H2,1-3H3. The Hall–Kier alpha value is -0.0800. The van der Waals surface area contributed by atoms with E-state index < -0.39 is 0 Å². The molecule has 0 amide bonds. The van der Waals surface area contributed by atoms with Gasteiger partial charge in [-0.3, -0.25) is 0 Å². The van der Waals surface area contributed by atoms with Crippen molar-refractivity contribution in [3.63, 3.8) is 0 Å². The van der Waals surface area contributed by atoms with Gasteiger partial charge in [-0.15, -0.1) is 0 Å². The largest absolute Gasteiger partial charge is 0.376 e. The molecule has 1 fully saturated rings. The van der Waals surface area contributed by atoms with E-state index in [0.717, 1.165) is 25.9 Å². The van der Waals surface area contributed by atoms with Crippen molar-refractivity contribution in [2.45, 2.75) is 58.1 Å². The predicted octanol–water partition coefficient (Wildman–Crippen LogP) is 2.32. The molecule has 2 unspecified atom stereocenters. The van der Waals surface area contributed by atoms with Gasteiger partial charge < -0.3 is 10.5 Å². The van der Waals surface area contributed by atoms with Crippen molar-refractivity contribution in [1.29, 1.82) is 0 Å². The average molecular weight is 185 g/mol. The predicted molar refractivity (Wildman–Crippen MR) is 55.6 cm³/mol. The summed E-state index contributed by atoms with van der Waals surface area (Å²) >= 11 is 0. The quantitative estimate of drug-likeness (QED) is 0.732. The van der Waals surface area contributed by atoms with Crippen LogP contribution in [0.3, 0.4) is 0 Å². The lowest BCUT2D eigenvalue weighted by Gasteiger charge is -2.38. The molecule has 0 aliphatic carbocycles. The summed E-state index contributed by atoms with van der Waals surface area (Å²) in [6, 6.07) is 0.383. The summed E-state index contributed by atoms with van der Waals surface area (Å²) in [6.07, 6.45) is 4.61. The Labute approximate surface area is 81.8 Å². The molecule has 0 aromatic heterocycles. The zero-order chi connectivity index (χ0) is 9.90. The van der Waals surface area contributed by atoms with Gasteiger partial charge in [0.2, 0.25) is 0 Å². The Morgan fingerprint density at radius 1 is 1.54 bits per heavy atom. The molecule has 0 aromatic carbocycles. The van der Waals surface area contributed by atoms with Crippen molar-refractivity contribution in [1.82, 2.24) is 0 Å². The van der Waals surface area contributed by atoms with Crippen LogP contribution in [0, 0.1) is 5.92 Å². The van der Waals surface area contributed by atoms with Crippen LogP contribution in [0.1, 0.15) is 46.5 Å². The van der Waals surface area contributed by atoms with Crippen LogP contribution in [0.25, 0.3) is 0 Å². The van der Waals surface area contributed by atoms with E-state index in [1.807, 2.05) is 0 Å². The van der Waals surface area contributed by atoms with E-state index in [9.17, 15) is 0 Å². The summed E-state index contributed by atoms with van der Waals surface area (Å²) in [6.45, 7) is 7.41. The second-order valence-electron chi connectivity index (χ2n) is 4.81. The SMILES string of the molecule is CCCC(N)C1CCOC(C)(C)C1. The smallest absolute Gasteiger partial charge is 0.0629 e. The molecule has 2 atom stereocenters. The third kappa shape index (κ3) is 3.28. The normalized spacial score (nSPS) is 30.0. The maximum Gasteiger partial charge on any atom is 0.0629 e. The minimum Gasteiger partial charge on any atom is -0.376 e. The van der Waals surface area contributed by atoms with Crippen molar-refractivity contribution in [2.24, 2.45) is 11.7 Å². The molecule has 0 bridgehead atoms. The molecule has 0 spiro atoms. The summed E-state index contributed by atoms with van der Waals surface area (Å²) in [5.74, 6) is 0.670. The highest BCUT2D eigenvalue weighted by Crippen LogP contribution is 2.30. The van der Waals surface area contributed by atoms with Gasteiger partial charge in [0.1, 0.15) is 0 Å². The van der Waals surface area contributed by atoms with Gasteiger partial charge in [0, 0.05) is 12.6 Å². The Morgan fingerprint density at radius 2 is 2.23 bits per heavy atom. The lowest BCUT2D eigenvalue weighted by molar-refractivity contribution is -0.0766. The monoisotopic (exact) mass is 185 g/mol. The molecular weight excluding hydrogens is 162 g/mol. The van der Waals surface area contributed by atoms with Crippen LogP contribution >= 0.6 is 0 Å². The third-order valence-corrected chi connectivity index (χ3v) is 2.96. The fraction of sp³-hybridized carbons (Fsp3) is 1.00. The lowest BCUT2D eigenvalue weighted by atomic mass is 9.82. The molecule has 1 rings (SSSR count). The van der Waals surface area contributed by atoms with Crippen molar-refractivity contribution >= 4 is 0 Å². The summed E-state index contributed by atoms with van der Waals surface area (Å²) in [7, 11) is 0. The summed E-state index contributed by atoms with van der Waals surface area (Å²) in [5.41, 5.74) is 6.17. The molecule has 0 radical (unpaired) electrons. The fourth-order valence-electron chi connectivity index (χ4n) is 2.21. The van der Waals surface area contributed by atoms with E-state index in [-0.39, 0.29) is 5.60 Å². The van der Waals surface area contributed by atoms with Gasteiger partial charge in [0.05, 0.1) is 5.60 Å². The summed E-state index contributed by atoms with van der Waals surface area (Å²) < 4.78 is 5.67. The molecule has 0 aromatic rings. The first-order chi connectivity index (χ1) is 6.05. The van der Waals surface area contributed by atoms with Crippen LogP contribution in [0.15, 0.2) is 0 Å². The van der Waals surface area contributed by atoms with Gasteiger partial charge in [0.25, 0.3) is 0 Å². The van der Waals surface area contributed by atoms with Gasteiger partial charge in [0.15, 0.2) is 0 Å². The number of nitrogens with two attached hydrogens (primary N) is 1. The van der Waals surface area contributed by atoms with Crippen LogP contribution in [0.5, 0.6) is 0 Å². The Balaban J connectivity index is 2.42.